The Morgan fingerprint density at radius 1 is 1.21 bits per heavy atom. The Balaban J connectivity index is 2.04. The summed E-state index contributed by atoms with van der Waals surface area (Å²) in [6, 6.07) is 7.91. The summed E-state index contributed by atoms with van der Waals surface area (Å²) in [5, 5.41) is 15.2. The number of halogens is 3. The number of amides is 1. The van der Waals surface area contributed by atoms with Crippen molar-refractivity contribution in [3.8, 4) is 5.69 Å². The van der Waals surface area contributed by atoms with Gasteiger partial charge in [0, 0.05) is 6.20 Å². The van der Waals surface area contributed by atoms with Gasteiger partial charge in [0.05, 0.1) is 23.3 Å². The van der Waals surface area contributed by atoms with Crippen molar-refractivity contribution in [2.75, 3.05) is 0 Å². The lowest BCUT2D eigenvalue weighted by molar-refractivity contribution is -0.137. The number of nitrogens with one attached hydrogen (secondary N) is 1. The van der Waals surface area contributed by atoms with E-state index in [-0.39, 0.29) is 6.54 Å². The molecule has 0 aliphatic heterocycles. The van der Waals surface area contributed by atoms with Gasteiger partial charge in [0.25, 0.3) is 0 Å². The molecule has 0 unspecified atom stereocenters. The van der Waals surface area contributed by atoms with Crippen molar-refractivity contribution in [3.05, 3.63) is 53.9 Å². The Kier molecular flexibility index (Phi) is 3.84. The second kappa shape index (κ2) is 5.84. The van der Waals surface area contributed by atoms with Crippen LogP contribution in [0.1, 0.15) is 11.3 Å². The predicted molar refractivity (Wildman–Crippen MR) is 78.7 cm³/mol. The highest BCUT2D eigenvalue weighted by atomic mass is 19.4. The SMILES string of the molecule is O=C(O)NCc1nn(-c2ccc(C(F)(F)F)cc2)c2cccnc12. The molecule has 3 rings (SSSR count). The number of benzene rings is 1. The molecule has 0 aliphatic carbocycles. The fraction of sp³-hybridized carbons (Fsp3) is 0.133. The van der Waals surface area contributed by atoms with Crippen molar-refractivity contribution < 1.29 is 23.1 Å². The summed E-state index contributed by atoms with van der Waals surface area (Å²) in [7, 11) is 0. The van der Waals surface area contributed by atoms with Crippen LogP contribution in [0.4, 0.5) is 18.0 Å². The molecular formula is C15H11F3N4O2. The van der Waals surface area contributed by atoms with Crippen molar-refractivity contribution in [1.29, 1.82) is 0 Å². The molecule has 24 heavy (non-hydrogen) atoms. The van der Waals surface area contributed by atoms with E-state index in [0.29, 0.717) is 22.4 Å². The zero-order valence-corrected chi connectivity index (χ0v) is 12.1. The van der Waals surface area contributed by atoms with E-state index in [1.54, 1.807) is 12.1 Å². The van der Waals surface area contributed by atoms with Gasteiger partial charge in [-0.1, -0.05) is 0 Å². The largest absolute Gasteiger partial charge is 0.465 e. The summed E-state index contributed by atoms with van der Waals surface area (Å²) >= 11 is 0. The summed E-state index contributed by atoms with van der Waals surface area (Å²) < 4.78 is 39.4. The maximum Gasteiger partial charge on any atom is 0.416 e. The maximum absolute atomic E-state index is 12.7. The van der Waals surface area contributed by atoms with Gasteiger partial charge in [-0.2, -0.15) is 18.3 Å². The standard InChI is InChI=1S/C15H11F3N4O2/c16-15(17,18)9-3-5-10(6-4-9)22-12-2-1-7-19-13(12)11(21-22)8-20-14(23)24/h1-7,20H,8H2,(H,23,24). The van der Waals surface area contributed by atoms with Crippen molar-refractivity contribution in [1.82, 2.24) is 20.1 Å². The summed E-state index contributed by atoms with van der Waals surface area (Å²) in [6.45, 7) is -0.0590. The molecule has 0 bridgehead atoms. The molecule has 2 heterocycles. The number of fused-ring (bicyclic) bond motifs is 1. The first kappa shape index (κ1) is 15.8. The molecule has 0 atom stereocenters. The molecule has 0 radical (unpaired) electrons. The normalized spacial score (nSPS) is 11.6. The number of carbonyl (C=O) groups is 1. The van der Waals surface area contributed by atoms with Crippen molar-refractivity contribution >= 4 is 17.1 Å². The highest BCUT2D eigenvalue weighted by molar-refractivity contribution is 5.79. The van der Waals surface area contributed by atoms with E-state index in [9.17, 15) is 18.0 Å². The smallest absolute Gasteiger partial charge is 0.416 e. The molecule has 1 aromatic carbocycles. The molecule has 0 saturated carbocycles. The molecular weight excluding hydrogens is 325 g/mol. The number of nitrogens with zero attached hydrogens (tertiary/aromatic N) is 3. The van der Waals surface area contributed by atoms with Gasteiger partial charge in [0.2, 0.25) is 0 Å². The van der Waals surface area contributed by atoms with Gasteiger partial charge in [0.15, 0.2) is 0 Å². The molecule has 9 heteroatoms. The summed E-state index contributed by atoms with van der Waals surface area (Å²) in [5.74, 6) is 0. The van der Waals surface area contributed by atoms with Crippen LogP contribution in [0.25, 0.3) is 16.7 Å². The average molecular weight is 336 g/mol. The number of rotatable bonds is 3. The van der Waals surface area contributed by atoms with E-state index < -0.39 is 17.8 Å². The van der Waals surface area contributed by atoms with Crippen LogP contribution in [0, 0.1) is 0 Å². The first-order chi connectivity index (χ1) is 11.4. The van der Waals surface area contributed by atoms with Crippen LogP contribution in [0.5, 0.6) is 0 Å². The van der Waals surface area contributed by atoms with Gasteiger partial charge in [-0.15, -0.1) is 0 Å². The lowest BCUT2D eigenvalue weighted by Gasteiger charge is -2.08. The monoisotopic (exact) mass is 336 g/mol. The zero-order valence-electron chi connectivity index (χ0n) is 12.1. The Labute approximate surface area is 133 Å². The first-order valence-electron chi connectivity index (χ1n) is 6.83. The van der Waals surface area contributed by atoms with Crippen LogP contribution < -0.4 is 5.32 Å². The summed E-state index contributed by atoms with van der Waals surface area (Å²) in [5.41, 5.74) is 1.09. The molecule has 2 N–H and O–H groups in total. The second-order valence-electron chi connectivity index (χ2n) is 4.93. The highest BCUT2D eigenvalue weighted by Crippen LogP contribution is 2.30. The third-order valence-electron chi connectivity index (χ3n) is 3.35. The molecule has 124 valence electrons. The van der Waals surface area contributed by atoms with E-state index in [4.69, 9.17) is 5.11 Å². The number of alkyl halides is 3. The van der Waals surface area contributed by atoms with E-state index in [0.717, 1.165) is 12.1 Å². The second-order valence-corrected chi connectivity index (χ2v) is 4.93. The molecule has 6 nitrogen and oxygen atoms in total. The topological polar surface area (TPSA) is 80.0 Å². The number of hydrogen-bond acceptors (Lipinski definition) is 3. The molecule has 0 saturated heterocycles. The molecule has 0 spiro atoms. The minimum absolute atomic E-state index is 0.0590. The lowest BCUT2D eigenvalue weighted by Crippen LogP contribution is -2.20. The lowest BCUT2D eigenvalue weighted by atomic mass is 10.2. The van der Waals surface area contributed by atoms with E-state index in [1.165, 1.54) is 23.0 Å². The average Bonchev–Trinajstić information content (AvgIpc) is 2.91. The van der Waals surface area contributed by atoms with Gasteiger partial charge in [-0.25, -0.2) is 9.48 Å². The van der Waals surface area contributed by atoms with Gasteiger partial charge in [-0.3, -0.25) is 4.98 Å². The number of pyridine rings is 1. The Hall–Kier alpha value is -3.10. The number of hydrogen-bond donors (Lipinski definition) is 2. The third-order valence-corrected chi connectivity index (χ3v) is 3.35. The zero-order chi connectivity index (χ0) is 17.3. The predicted octanol–water partition coefficient (Wildman–Crippen LogP) is 3.21. The van der Waals surface area contributed by atoms with Crippen LogP contribution in [-0.4, -0.2) is 26.0 Å². The van der Waals surface area contributed by atoms with Gasteiger partial charge in [-0.05, 0) is 36.4 Å². The Bertz CT molecular complexity index is 888. The fourth-order valence-corrected chi connectivity index (χ4v) is 2.28. The van der Waals surface area contributed by atoms with Crippen LogP contribution in [0.2, 0.25) is 0 Å². The van der Waals surface area contributed by atoms with Gasteiger partial charge in [0.1, 0.15) is 11.2 Å². The molecule has 2 aromatic heterocycles. The van der Waals surface area contributed by atoms with Crippen LogP contribution >= 0.6 is 0 Å². The van der Waals surface area contributed by atoms with Crippen LogP contribution in [0.3, 0.4) is 0 Å². The third kappa shape index (κ3) is 3.00. The van der Waals surface area contributed by atoms with E-state index in [2.05, 4.69) is 15.4 Å². The number of aromatic nitrogens is 3. The van der Waals surface area contributed by atoms with E-state index in [1.807, 2.05) is 0 Å². The van der Waals surface area contributed by atoms with Gasteiger partial charge >= 0.3 is 12.3 Å². The van der Waals surface area contributed by atoms with E-state index >= 15 is 0 Å². The minimum atomic E-state index is -4.41. The quantitative estimate of drug-likeness (QED) is 0.770. The van der Waals surface area contributed by atoms with Crippen molar-refractivity contribution in [3.63, 3.8) is 0 Å². The Morgan fingerprint density at radius 2 is 1.92 bits per heavy atom. The maximum atomic E-state index is 12.7. The molecule has 3 aromatic rings. The first-order valence-corrected chi connectivity index (χ1v) is 6.83. The molecule has 1 amide bonds. The summed E-state index contributed by atoms with van der Waals surface area (Å²) in [6.07, 6.45) is -4.09. The fourth-order valence-electron chi connectivity index (χ4n) is 2.28. The highest BCUT2D eigenvalue weighted by Gasteiger charge is 2.30. The minimum Gasteiger partial charge on any atom is -0.465 e. The van der Waals surface area contributed by atoms with Crippen molar-refractivity contribution in [2.24, 2.45) is 0 Å². The van der Waals surface area contributed by atoms with Gasteiger partial charge < -0.3 is 10.4 Å². The number of carboxylic acid groups (broad SMARTS) is 1. The van der Waals surface area contributed by atoms with Crippen LogP contribution in [0.15, 0.2) is 42.6 Å². The molecule has 0 aliphatic rings. The van der Waals surface area contributed by atoms with Crippen LogP contribution in [-0.2, 0) is 12.7 Å². The Morgan fingerprint density at radius 3 is 2.54 bits per heavy atom. The molecule has 0 fully saturated rings. The summed E-state index contributed by atoms with van der Waals surface area (Å²) in [4.78, 5) is 14.8. The van der Waals surface area contributed by atoms with Crippen molar-refractivity contribution in [2.45, 2.75) is 12.7 Å².